The van der Waals surface area contributed by atoms with Gasteiger partial charge in [-0.3, -0.25) is 9.38 Å². The van der Waals surface area contributed by atoms with E-state index >= 15 is 0 Å². The molecule has 0 aliphatic carbocycles. The standard InChI is InChI=1S/C42H25N3S/c1-2-12-38-31(10-1)32-17-14-29(25-39(32)46-38)27-9-7-8-26(22-27)28-15-19-34-36(23-28)35-24-30(37-11-3-5-20-43-37)16-18-33(35)41-42(34)45-21-6-4-13-40(45)44-41/h1-25H. The van der Waals surface area contributed by atoms with Gasteiger partial charge in [0.15, 0.2) is 0 Å². The molecule has 0 N–H and O–H groups in total. The van der Waals surface area contributed by atoms with E-state index in [1.54, 1.807) is 0 Å². The molecule has 0 radical (unpaired) electrons. The molecule has 0 saturated heterocycles. The monoisotopic (exact) mass is 603 g/mol. The third kappa shape index (κ3) is 3.84. The van der Waals surface area contributed by atoms with Gasteiger partial charge >= 0.3 is 0 Å². The van der Waals surface area contributed by atoms with Crippen LogP contribution in [0.3, 0.4) is 0 Å². The Hall–Kier alpha value is -5.84. The summed E-state index contributed by atoms with van der Waals surface area (Å²) in [6, 6.07) is 50.3. The number of imidazole rings is 1. The molecule has 214 valence electrons. The lowest BCUT2D eigenvalue weighted by molar-refractivity contribution is 1.23. The second-order valence-corrected chi connectivity index (χ2v) is 12.9. The fourth-order valence-corrected chi connectivity index (χ4v) is 8.19. The minimum atomic E-state index is 0.951. The van der Waals surface area contributed by atoms with E-state index in [9.17, 15) is 0 Å². The Balaban J connectivity index is 1.18. The van der Waals surface area contributed by atoms with Crippen LogP contribution in [0.15, 0.2) is 152 Å². The van der Waals surface area contributed by atoms with Gasteiger partial charge in [-0.05, 0) is 87.6 Å². The van der Waals surface area contributed by atoms with E-state index in [2.05, 4.69) is 137 Å². The first kappa shape index (κ1) is 25.5. The van der Waals surface area contributed by atoms with Crippen molar-refractivity contribution in [2.45, 2.75) is 0 Å². The SMILES string of the molecule is c1ccc(-c2ccc3c(c2)c2cc(-c4cccc(-c5ccc6c(c5)sc5ccccc56)c4)ccc2c2c3nc3ccccn32)nc1. The third-order valence-electron chi connectivity index (χ3n) is 9.24. The van der Waals surface area contributed by atoms with Gasteiger partial charge < -0.3 is 0 Å². The predicted molar refractivity (Wildman–Crippen MR) is 195 cm³/mol. The van der Waals surface area contributed by atoms with Crippen molar-refractivity contribution in [3.05, 3.63) is 152 Å². The largest absolute Gasteiger partial charge is 0.299 e. The molecule has 0 amide bonds. The van der Waals surface area contributed by atoms with Gasteiger partial charge in [0.2, 0.25) is 0 Å². The highest BCUT2D eigenvalue weighted by molar-refractivity contribution is 7.25. The number of aromatic nitrogens is 3. The van der Waals surface area contributed by atoms with E-state index < -0.39 is 0 Å². The average molecular weight is 604 g/mol. The minimum absolute atomic E-state index is 0.951. The number of benzene rings is 6. The molecule has 4 heterocycles. The smallest absolute Gasteiger partial charge is 0.137 e. The summed E-state index contributed by atoms with van der Waals surface area (Å²) in [4.78, 5) is 9.75. The lowest BCUT2D eigenvalue weighted by Gasteiger charge is -2.12. The normalized spacial score (nSPS) is 11.9. The predicted octanol–water partition coefficient (Wildman–Crippen LogP) is 11.6. The summed E-state index contributed by atoms with van der Waals surface area (Å²) in [6.45, 7) is 0. The maximum atomic E-state index is 5.11. The summed E-state index contributed by atoms with van der Waals surface area (Å²) in [5.41, 5.74) is 10.0. The van der Waals surface area contributed by atoms with Crippen molar-refractivity contribution in [1.29, 1.82) is 0 Å². The van der Waals surface area contributed by atoms with Crippen LogP contribution >= 0.6 is 11.3 Å². The highest BCUT2D eigenvalue weighted by Gasteiger charge is 2.16. The molecular weight excluding hydrogens is 579 g/mol. The van der Waals surface area contributed by atoms with Crippen LogP contribution in [0.4, 0.5) is 0 Å². The molecule has 4 aromatic heterocycles. The van der Waals surface area contributed by atoms with Crippen LogP contribution < -0.4 is 0 Å². The average Bonchev–Trinajstić information content (AvgIpc) is 3.70. The molecule has 0 unspecified atom stereocenters. The zero-order valence-corrected chi connectivity index (χ0v) is 25.5. The molecule has 46 heavy (non-hydrogen) atoms. The van der Waals surface area contributed by atoms with Crippen molar-refractivity contribution >= 4 is 69.7 Å². The Kier molecular flexibility index (Phi) is 5.45. The minimum Gasteiger partial charge on any atom is -0.299 e. The maximum absolute atomic E-state index is 5.11. The van der Waals surface area contributed by atoms with Gasteiger partial charge in [0, 0.05) is 48.9 Å². The first-order valence-electron chi connectivity index (χ1n) is 15.5. The van der Waals surface area contributed by atoms with Crippen molar-refractivity contribution in [1.82, 2.24) is 14.4 Å². The molecule has 3 nitrogen and oxygen atoms in total. The number of hydrogen-bond acceptors (Lipinski definition) is 3. The Labute approximate surface area is 268 Å². The number of pyridine rings is 2. The van der Waals surface area contributed by atoms with E-state index in [1.807, 2.05) is 35.7 Å². The van der Waals surface area contributed by atoms with E-state index in [-0.39, 0.29) is 0 Å². The molecule has 0 spiro atoms. The van der Waals surface area contributed by atoms with Crippen molar-refractivity contribution in [2.24, 2.45) is 0 Å². The second-order valence-electron chi connectivity index (χ2n) is 11.9. The van der Waals surface area contributed by atoms with Crippen LogP contribution in [0, 0.1) is 0 Å². The Morgan fingerprint density at radius 1 is 0.457 bits per heavy atom. The molecule has 4 heteroatoms. The molecule has 0 saturated carbocycles. The molecule has 6 aromatic carbocycles. The molecular formula is C42H25N3S. The van der Waals surface area contributed by atoms with Gasteiger partial charge in [0.25, 0.3) is 0 Å². The number of rotatable bonds is 3. The summed E-state index contributed by atoms with van der Waals surface area (Å²) in [6.07, 6.45) is 3.97. The van der Waals surface area contributed by atoms with Crippen LogP contribution in [-0.2, 0) is 0 Å². The summed E-state index contributed by atoms with van der Waals surface area (Å²) >= 11 is 1.86. The van der Waals surface area contributed by atoms with E-state index in [0.717, 1.165) is 33.3 Å². The van der Waals surface area contributed by atoms with Crippen LogP contribution in [0.2, 0.25) is 0 Å². The summed E-state index contributed by atoms with van der Waals surface area (Å²) in [5.74, 6) is 0. The summed E-state index contributed by atoms with van der Waals surface area (Å²) in [7, 11) is 0. The van der Waals surface area contributed by atoms with Crippen LogP contribution in [0.1, 0.15) is 0 Å². The molecule has 0 bridgehead atoms. The fourth-order valence-electron chi connectivity index (χ4n) is 7.04. The fraction of sp³-hybridized carbons (Fsp3) is 0. The molecule has 0 aliphatic rings. The second kappa shape index (κ2) is 9.83. The van der Waals surface area contributed by atoms with Crippen LogP contribution in [0.25, 0.3) is 91.9 Å². The van der Waals surface area contributed by atoms with Gasteiger partial charge in [-0.25, -0.2) is 4.98 Å². The Morgan fingerprint density at radius 3 is 2.04 bits per heavy atom. The van der Waals surface area contributed by atoms with E-state index in [1.165, 1.54) is 58.6 Å². The molecule has 10 aromatic rings. The number of fused-ring (bicyclic) bond motifs is 11. The highest BCUT2D eigenvalue weighted by atomic mass is 32.1. The Morgan fingerprint density at radius 2 is 1.15 bits per heavy atom. The molecule has 0 atom stereocenters. The van der Waals surface area contributed by atoms with Crippen LogP contribution in [-0.4, -0.2) is 14.4 Å². The lowest BCUT2D eigenvalue weighted by atomic mass is 9.93. The number of thiophene rings is 1. The molecule has 0 aliphatic heterocycles. The van der Waals surface area contributed by atoms with Crippen LogP contribution in [0.5, 0.6) is 0 Å². The first-order chi connectivity index (χ1) is 22.8. The highest BCUT2D eigenvalue weighted by Crippen LogP contribution is 2.40. The van der Waals surface area contributed by atoms with Gasteiger partial charge in [0.1, 0.15) is 5.65 Å². The molecule has 0 fully saturated rings. The van der Waals surface area contributed by atoms with Gasteiger partial charge in [0.05, 0.1) is 16.7 Å². The number of hydrogen-bond donors (Lipinski definition) is 0. The van der Waals surface area contributed by atoms with Crippen molar-refractivity contribution < 1.29 is 0 Å². The lowest BCUT2D eigenvalue weighted by Crippen LogP contribution is -1.89. The van der Waals surface area contributed by atoms with E-state index in [0.29, 0.717) is 0 Å². The Bertz CT molecular complexity index is 2810. The van der Waals surface area contributed by atoms with Crippen molar-refractivity contribution in [3.63, 3.8) is 0 Å². The zero-order chi connectivity index (χ0) is 30.2. The van der Waals surface area contributed by atoms with Gasteiger partial charge in [-0.1, -0.05) is 84.9 Å². The van der Waals surface area contributed by atoms with Gasteiger partial charge in [-0.15, -0.1) is 11.3 Å². The maximum Gasteiger partial charge on any atom is 0.137 e. The van der Waals surface area contributed by atoms with Crippen molar-refractivity contribution in [3.8, 4) is 33.5 Å². The van der Waals surface area contributed by atoms with Crippen molar-refractivity contribution in [2.75, 3.05) is 0 Å². The zero-order valence-electron chi connectivity index (χ0n) is 24.7. The first-order valence-corrected chi connectivity index (χ1v) is 16.3. The number of nitrogens with zero attached hydrogens (tertiary/aromatic N) is 3. The quantitative estimate of drug-likeness (QED) is 0.188. The molecule has 10 rings (SSSR count). The third-order valence-corrected chi connectivity index (χ3v) is 10.4. The van der Waals surface area contributed by atoms with Gasteiger partial charge in [-0.2, -0.15) is 0 Å². The summed E-state index contributed by atoms with van der Waals surface area (Å²) in [5, 5.41) is 7.38. The van der Waals surface area contributed by atoms with E-state index in [4.69, 9.17) is 4.98 Å². The summed E-state index contributed by atoms with van der Waals surface area (Å²) < 4.78 is 4.87. The topological polar surface area (TPSA) is 30.2 Å².